The third kappa shape index (κ3) is 2.34. The minimum absolute atomic E-state index is 0.0921. The number of amides is 1. The van der Waals surface area contributed by atoms with Gasteiger partial charge < -0.3 is 10.1 Å². The number of hydrogen-bond donors (Lipinski definition) is 1. The number of hydrogen-bond acceptors (Lipinski definition) is 2. The highest BCUT2D eigenvalue weighted by Crippen LogP contribution is 2.12. The van der Waals surface area contributed by atoms with E-state index in [2.05, 4.69) is 11.9 Å². The molecule has 2 atom stereocenters. The molecule has 1 aliphatic rings. The average molecular weight is 169 g/mol. The van der Waals surface area contributed by atoms with Crippen LogP contribution in [0.5, 0.6) is 0 Å². The van der Waals surface area contributed by atoms with E-state index >= 15 is 0 Å². The van der Waals surface area contributed by atoms with Gasteiger partial charge in [-0.2, -0.15) is 0 Å². The van der Waals surface area contributed by atoms with Crippen LogP contribution < -0.4 is 5.32 Å². The highest BCUT2D eigenvalue weighted by Gasteiger charge is 2.25. The first-order chi connectivity index (χ1) is 5.74. The van der Waals surface area contributed by atoms with Crippen molar-refractivity contribution >= 4 is 5.91 Å². The van der Waals surface area contributed by atoms with Crippen molar-refractivity contribution in [1.82, 2.24) is 5.32 Å². The van der Waals surface area contributed by atoms with Crippen molar-refractivity contribution < 1.29 is 9.53 Å². The van der Waals surface area contributed by atoms with E-state index in [1.54, 1.807) is 6.08 Å². The van der Waals surface area contributed by atoms with Crippen LogP contribution in [-0.2, 0) is 9.53 Å². The molecule has 0 bridgehead atoms. The summed E-state index contributed by atoms with van der Waals surface area (Å²) in [5.74, 6) is 0.133. The zero-order valence-electron chi connectivity index (χ0n) is 7.38. The molecule has 3 nitrogen and oxygen atoms in total. The molecule has 1 fully saturated rings. The number of rotatable bonds is 4. The smallest absolute Gasteiger partial charge is 0.220 e. The van der Waals surface area contributed by atoms with Crippen molar-refractivity contribution in [3.8, 4) is 0 Å². The zero-order chi connectivity index (χ0) is 8.97. The van der Waals surface area contributed by atoms with E-state index in [9.17, 15) is 4.79 Å². The Bertz CT molecular complexity index is 179. The minimum Gasteiger partial charge on any atom is -0.372 e. The molecular weight excluding hydrogens is 154 g/mol. The number of carbonyl (C=O) groups excluding carboxylic acids is 1. The maximum absolute atomic E-state index is 10.8. The van der Waals surface area contributed by atoms with Crippen LogP contribution >= 0.6 is 0 Å². The molecule has 1 unspecified atom stereocenters. The predicted molar refractivity (Wildman–Crippen MR) is 46.8 cm³/mol. The lowest BCUT2D eigenvalue weighted by atomic mass is 10.1. The molecule has 68 valence electrons. The fraction of sp³-hybridized carbons (Fsp3) is 0.667. The van der Waals surface area contributed by atoms with Gasteiger partial charge in [-0.15, -0.1) is 6.58 Å². The summed E-state index contributed by atoms with van der Waals surface area (Å²) in [6.45, 7) is 6.08. The third-order valence-electron chi connectivity index (χ3n) is 2.07. The van der Waals surface area contributed by atoms with Crippen LogP contribution in [0.1, 0.15) is 19.8 Å². The van der Waals surface area contributed by atoms with Gasteiger partial charge >= 0.3 is 0 Å². The van der Waals surface area contributed by atoms with Gasteiger partial charge in [0.05, 0.1) is 18.8 Å². The highest BCUT2D eigenvalue weighted by atomic mass is 16.5. The zero-order valence-corrected chi connectivity index (χ0v) is 7.38. The predicted octanol–water partition coefficient (Wildman–Crippen LogP) is 0.856. The van der Waals surface area contributed by atoms with Gasteiger partial charge in [0.1, 0.15) is 0 Å². The van der Waals surface area contributed by atoms with Crippen LogP contribution in [0.4, 0.5) is 0 Å². The summed E-state index contributed by atoms with van der Waals surface area (Å²) in [6, 6.07) is 0.192. The SMILES string of the molecule is C=CCOC(C)[C@@H]1CCC(=O)N1. The lowest BCUT2D eigenvalue weighted by Crippen LogP contribution is -2.36. The molecule has 3 heteroatoms. The van der Waals surface area contributed by atoms with Gasteiger partial charge in [-0.05, 0) is 13.3 Å². The summed E-state index contributed by atoms with van der Waals surface area (Å²) < 4.78 is 5.39. The second-order valence-corrected chi connectivity index (χ2v) is 3.04. The van der Waals surface area contributed by atoms with Crippen LogP contribution in [0, 0.1) is 0 Å². The van der Waals surface area contributed by atoms with E-state index in [1.165, 1.54) is 0 Å². The Kier molecular flexibility index (Phi) is 3.29. The molecule has 0 aromatic heterocycles. The molecule has 0 aliphatic carbocycles. The normalized spacial score (nSPS) is 25.1. The van der Waals surface area contributed by atoms with Gasteiger partial charge in [0.2, 0.25) is 5.91 Å². The quantitative estimate of drug-likeness (QED) is 0.634. The molecule has 1 N–H and O–H groups in total. The van der Waals surface area contributed by atoms with Gasteiger partial charge in [-0.3, -0.25) is 4.79 Å². The van der Waals surface area contributed by atoms with Crippen molar-refractivity contribution in [3.63, 3.8) is 0 Å². The van der Waals surface area contributed by atoms with Gasteiger partial charge in [-0.1, -0.05) is 6.08 Å². The first kappa shape index (κ1) is 9.26. The summed E-state index contributed by atoms with van der Waals surface area (Å²) in [4.78, 5) is 10.8. The van der Waals surface area contributed by atoms with E-state index in [-0.39, 0.29) is 18.1 Å². The topological polar surface area (TPSA) is 38.3 Å². The van der Waals surface area contributed by atoms with Crippen molar-refractivity contribution in [1.29, 1.82) is 0 Å². The van der Waals surface area contributed by atoms with Gasteiger partial charge in [0.15, 0.2) is 0 Å². The lowest BCUT2D eigenvalue weighted by molar-refractivity contribution is -0.119. The summed E-state index contributed by atoms with van der Waals surface area (Å²) in [5, 5.41) is 2.86. The minimum atomic E-state index is 0.0921. The van der Waals surface area contributed by atoms with E-state index in [4.69, 9.17) is 4.74 Å². The molecule has 0 saturated carbocycles. The standard InChI is InChI=1S/C9H15NO2/c1-3-6-12-7(2)8-4-5-9(11)10-8/h3,7-8H,1,4-6H2,2H3,(H,10,11)/t7?,8-/m0/s1. The Morgan fingerprint density at radius 1 is 1.92 bits per heavy atom. The molecule has 1 rings (SSSR count). The van der Waals surface area contributed by atoms with Crippen LogP contribution in [0.3, 0.4) is 0 Å². The van der Waals surface area contributed by atoms with E-state index < -0.39 is 0 Å². The first-order valence-corrected chi connectivity index (χ1v) is 4.26. The third-order valence-corrected chi connectivity index (χ3v) is 2.07. The molecule has 0 aromatic rings. The molecule has 1 amide bonds. The molecule has 0 radical (unpaired) electrons. The molecule has 1 saturated heterocycles. The number of nitrogens with one attached hydrogen (secondary N) is 1. The first-order valence-electron chi connectivity index (χ1n) is 4.26. The molecular formula is C9H15NO2. The second-order valence-electron chi connectivity index (χ2n) is 3.04. The Morgan fingerprint density at radius 2 is 2.67 bits per heavy atom. The fourth-order valence-corrected chi connectivity index (χ4v) is 1.33. The van der Waals surface area contributed by atoms with E-state index in [0.717, 1.165) is 6.42 Å². The van der Waals surface area contributed by atoms with Crippen molar-refractivity contribution in [2.24, 2.45) is 0 Å². The van der Waals surface area contributed by atoms with Crippen LogP contribution in [0.2, 0.25) is 0 Å². The fourth-order valence-electron chi connectivity index (χ4n) is 1.33. The van der Waals surface area contributed by atoms with E-state index in [1.807, 2.05) is 6.92 Å². The molecule has 12 heavy (non-hydrogen) atoms. The van der Waals surface area contributed by atoms with Crippen molar-refractivity contribution in [2.45, 2.75) is 31.9 Å². The summed E-state index contributed by atoms with van der Waals surface area (Å²) in [7, 11) is 0. The lowest BCUT2D eigenvalue weighted by Gasteiger charge is -2.18. The van der Waals surface area contributed by atoms with Crippen LogP contribution in [-0.4, -0.2) is 24.7 Å². The summed E-state index contributed by atoms with van der Waals surface area (Å²) in [6.07, 6.45) is 3.33. The summed E-state index contributed by atoms with van der Waals surface area (Å²) in [5.41, 5.74) is 0. The average Bonchev–Trinajstić information content (AvgIpc) is 2.47. The van der Waals surface area contributed by atoms with Crippen molar-refractivity contribution in [2.75, 3.05) is 6.61 Å². The summed E-state index contributed by atoms with van der Waals surface area (Å²) >= 11 is 0. The molecule has 1 heterocycles. The Morgan fingerprint density at radius 3 is 3.17 bits per heavy atom. The van der Waals surface area contributed by atoms with E-state index in [0.29, 0.717) is 13.0 Å². The number of carbonyl (C=O) groups is 1. The van der Waals surface area contributed by atoms with Crippen LogP contribution in [0.15, 0.2) is 12.7 Å². The monoisotopic (exact) mass is 169 g/mol. The largest absolute Gasteiger partial charge is 0.372 e. The van der Waals surface area contributed by atoms with Gasteiger partial charge in [-0.25, -0.2) is 0 Å². The van der Waals surface area contributed by atoms with Crippen LogP contribution in [0.25, 0.3) is 0 Å². The molecule has 0 spiro atoms. The number of ether oxygens (including phenoxy) is 1. The Hall–Kier alpha value is -0.830. The Balaban J connectivity index is 2.27. The second kappa shape index (κ2) is 4.26. The Labute approximate surface area is 72.8 Å². The van der Waals surface area contributed by atoms with Crippen molar-refractivity contribution in [3.05, 3.63) is 12.7 Å². The van der Waals surface area contributed by atoms with Gasteiger partial charge in [0.25, 0.3) is 0 Å². The maximum Gasteiger partial charge on any atom is 0.220 e. The maximum atomic E-state index is 10.8. The molecule has 0 aromatic carbocycles. The highest BCUT2D eigenvalue weighted by molar-refractivity contribution is 5.78. The molecule has 1 aliphatic heterocycles. The van der Waals surface area contributed by atoms with Gasteiger partial charge in [0, 0.05) is 6.42 Å².